The van der Waals surface area contributed by atoms with Crippen LogP contribution in [0.2, 0.25) is 0 Å². The lowest BCUT2D eigenvalue weighted by Crippen LogP contribution is -2.46. The summed E-state index contributed by atoms with van der Waals surface area (Å²) >= 11 is 0. The summed E-state index contributed by atoms with van der Waals surface area (Å²) in [6.45, 7) is 7.64. The average molecular weight is 379 g/mol. The number of amides is 1. The van der Waals surface area contributed by atoms with Gasteiger partial charge in [0.25, 0.3) is 0 Å². The van der Waals surface area contributed by atoms with Gasteiger partial charge in [0.15, 0.2) is 0 Å². The van der Waals surface area contributed by atoms with Crippen molar-refractivity contribution in [3.8, 4) is 11.1 Å². The van der Waals surface area contributed by atoms with Gasteiger partial charge in [-0.1, -0.05) is 61.5 Å². The van der Waals surface area contributed by atoms with E-state index in [9.17, 15) is 9.59 Å². The van der Waals surface area contributed by atoms with E-state index in [2.05, 4.69) is 36.2 Å². The Kier molecular flexibility index (Phi) is 6.14. The molecule has 1 amide bonds. The van der Waals surface area contributed by atoms with Gasteiger partial charge in [-0.2, -0.15) is 0 Å². The molecule has 0 saturated heterocycles. The molecule has 1 aliphatic rings. The van der Waals surface area contributed by atoms with Gasteiger partial charge in [-0.15, -0.1) is 6.58 Å². The first kappa shape index (κ1) is 19.7. The van der Waals surface area contributed by atoms with Crippen molar-refractivity contribution in [2.24, 2.45) is 5.92 Å². The van der Waals surface area contributed by atoms with Gasteiger partial charge >= 0.3 is 12.1 Å². The second kappa shape index (κ2) is 8.74. The smallest absolute Gasteiger partial charge is 0.407 e. The SMILES string of the molecule is C=C[C@H](C)[C@@H](NC(=O)OCC1c2ccccc2-c2ccccc21)C(=O)OCC. The van der Waals surface area contributed by atoms with Crippen LogP contribution in [-0.4, -0.2) is 31.3 Å². The summed E-state index contributed by atoms with van der Waals surface area (Å²) in [7, 11) is 0. The lowest BCUT2D eigenvalue weighted by atomic mass is 9.98. The minimum absolute atomic E-state index is 0.0315. The molecule has 0 saturated carbocycles. The van der Waals surface area contributed by atoms with Crippen molar-refractivity contribution in [3.05, 3.63) is 72.3 Å². The first-order valence-electron chi connectivity index (χ1n) is 9.47. The van der Waals surface area contributed by atoms with Crippen LogP contribution in [0.4, 0.5) is 4.79 Å². The molecule has 0 heterocycles. The number of alkyl carbamates (subject to hydrolysis) is 1. The molecule has 1 N–H and O–H groups in total. The maximum atomic E-state index is 12.4. The largest absolute Gasteiger partial charge is 0.464 e. The molecule has 0 aromatic heterocycles. The molecule has 3 rings (SSSR count). The normalized spacial score (nSPS) is 14.4. The molecule has 0 bridgehead atoms. The fourth-order valence-corrected chi connectivity index (χ4v) is 3.54. The van der Waals surface area contributed by atoms with Crippen LogP contribution in [0.15, 0.2) is 61.2 Å². The third-order valence-electron chi connectivity index (χ3n) is 5.06. The molecule has 2 aromatic rings. The first-order chi connectivity index (χ1) is 13.6. The highest BCUT2D eigenvalue weighted by atomic mass is 16.6. The molecule has 5 heteroatoms. The zero-order chi connectivity index (χ0) is 20.1. The summed E-state index contributed by atoms with van der Waals surface area (Å²) in [6, 6.07) is 15.4. The lowest BCUT2D eigenvalue weighted by Gasteiger charge is -2.21. The van der Waals surface area contributed by atoms with Gasteiger partial charge in [0.2, 0.25) is 0 Å². The monoisotopic (exact) mass is 379 g/mol. The zero-order valence-electron chi connectivity index (χ0n) is 16.2. The number of nitrogens with one attached hydrogen (secondary N) is 1. The number of ether oxygens (including phenoxy) is 2. The molecule has 28 heavy (non-hydrogen) atoms. The van der Waals surface area contributed by atoms with Crippen molar-refractivity contribution < 1.29 is 19.1 Å². The zero-order valence-corrected chi connectivity index (χ0v) is 16.2. The molecule has 1 aliphatic carbocycles. The van der Waals surface area contributed by atoms with Crippen molar-refractivity contribution in [2.45, 2.75) is 25.8 Å². The highest BCUT2D eigenvalue weighted by molar-refractivity contribution is 5.82. The molecule has 0 unspecified atom stereocenters. The Hall–Kier alpha value is -3.08. The van der Waals surface area contributed by atoms with Crippen molar-refractivity contribution in [3.63, 3.8) is 0 Å². The predicted molar refractivity (Wildman–Crippen MR) is 108 cm³/mol. The van der Waals surface area contributed by atoms with Gasteiger partial charge in [0.1, 0.15) is 12.6 Å². The van der Waals surface area contributed by atoms with Crippen molar-refractivity contribution in [1.29, 1.82) is 0 Å². The minimum Gasteiger partial charge on any atom is -0.464 e. The van der Waals surface area contributed by atoms with E-state index in [1.807, 2.05) is 24.3 Å². The summed E-state index contributed by atoms with van der Waals surface area (Å²) in [6.07, 6.45) is 0.958. The molecule has 5 nitrogen and oxygen atoms in total. The van der Waals surface area contributed by atoms with Crippen molar-refractivity contribution >= 4 is 12.1 Å². The van der Waals surface area contributed by atoms with Gasteiger partial charge < -0.3 is 14.8 Å². The van der Waals surface area contributed by atoms with E-state index in [0.717, 1.165) is 22.3 Å². The Bertz CT molecular complexity index is 831. The van der Waals surface area contributed by atoms with E-state index in [-0.39, 0.29) is 25.0 Å². The van der Waals surface area contributed by atoms with E-state index >= 15 is 0 Å². The van der Waals surface area contributed by atoms with Crippen LogP contribution in [0, 0.1) is 5.92 Å². The standard InChI is InChI=1S/C23H25NO4/c1-4-15(3)21(22(25)27-5-2)24-23(26)28-14-20-18-12-8-6-10-16(18)17-11-7-9-13-19(17)20/h4,6-13,15,20-21H,1,5,14H2,2-3H3,(H,24,26)/t15-,21+/m0/s1. The predicted octanol–water partition coefficient (Wildman–Crippen LogP) is 4.28. The van der Waals surface area contributed by atoms with E-state index in [0.29, 0.717) is 0 Å². The number of benzene rings is 2. The maximum Gasteiger partial charge on any atom is 0.407 e. The molecule has 0 spiro atoms. The number of esters is 1. The molecule has 2 atom stereocenters. The van der Waals surface area contributed by atoms with Gasteiger partial charge in [-0.3, -0.25) is 0 Å². The van der Waals surface area contributed by atoms with Gasteiger partial charge in [-0.05, 0) is 29.2 Å². The molecule has 0 aliphatic heterocycles. The Balaban J connectivity index is 1.70. The Labute approximate surface area is 165 Å². The fourth-order valence-electron chi connectivity index (χ4n) is 3.54. The Morgan fingerprint density at radius 1 is 1.07 bits per heavy atom. The fraction of sp³-hybridized carbons (Fsp3) is 0.304. The quantitative estimate of drug-likeness (QED) is 0.576. The summed E-state index contributed by atoms with van der Waals surface area (Å²) in [5, 5.41) is 2.62. The van der Waals surface area contributed by atoms with Crippen LogP contribution in [0.5, 0.6) is 0 Å². The van der Waals surface area contributed by atoms with Gasteiger partial charge in [-0.25, -0.2) is 9.59 Å². The van der Waals surface area contributed by atoms with Crippen LogP contribution < -0.4 is 5.32 Å². The van der Waals surface area contributed by atoms with Crippen LogP contribution >= 0.6 is 0 Å². The van der Waals surface area contributed by atoms with Gasteiger partial charge in [0, 0.05) is 11.8 Å². The molecule has 2 aromatic carbocycles. The maximum absolute atomic E-state index is 12.4. The molecule has 0 radical (unpaired) electrons. The van der Waals surface area contributed by atoms with E-state index in [1.165, 1.54) is 0 Å². The van der Waals surface area contributed by atoms with E-state index < -0.39 is 18.1 Å². The molecule has 146 valence electrons. The highest BCUT2D eigenvalue weighted by Gasteiger charge is 2.31. The number of rotatable bonds is 7. The minimum atomic E-state index is -0.826. The van der Waals surface area contributed by atoms with E-state index in [4.69, 9.17) is 9.47 Å². The molecule has 0 fully saturated rings. The molecular weight excluding hydrogens is 354 g/mol. The summed E-state index contributed by atoms with van der Waals surface area (Å²) in [4.78, 5) is 24.5. The second-order valence-corrected chi connectivity index (χ2v) is 6.79. The van der Waals surface area contributed by atoms with Crippen molar-refractivity contribution in [1.82, 2.24) is 5.32 Å². The number of fused-ring (bicyclic) bond motifs is 3. The topological polar surface area (TPSA) is 64.6 Å². The number of hydrogen-bond donors (Lipinski definition) is 1. The highest BCUT2D eigenvalue weighted by Crippen LogP contribution is 2.44. The third-order valence-corrected chi connectivity index (χ3v) is 5.06. The van der Waals surface area contributed by atoms with Gasteiger partial charge in [0.05, 0.1) is 6.61 Å². The lowest BCUT2D eigenvalue weighted by molar-refractivity contribution is -0.146. The summed E-state index contributed by atoms with van der Waals surface area (Å²) < 4.78 is 10.5. The number of carbonyl (C=O) groups is 2. The molecular formula is C23H25NO4. The van der Waals surface area contributed by atoms with Crippen LogP contribution in [0.1, 0.15) is 30.9 Å². The Morgan fingerprint density at radius 2 is 1.64 bits per heavy atom. The number of hydrogen-bond acceptors (Lipinski definition) is 4. The van der Waals surface area contributed by atoms with Crippen LogP contribution in [-0.2, 0) is 14.3 Å². The summed E-state index contributed by atoms with van der Waals surface area (Å²) in [5.41, 5.74) is 4.60. The van der Waals surface area contributed by atoms with Crippen LogP contribution in [0.3, 0.4) is 0 Å². The third kappa shape index (κ3) is 3.93. The average Bonchev–Trinajstić information content (AvgIpc) is 3.04. The van der Waals surface area contributed by atoms with Crippen molar-refractivity contribution in [2.75, 3.05) is 13.2 Å². The first-order valence-corrected chi connectivity index (χ1v) is 9.47. The van der Waals surface area contributed by atoms with E-state index in [1.54, 1.807) is 19.9 Å². The summed E-state index contributed by atoms with van der Waals surface area (Å²) in [5.74, 6) is -0.807. The second-order valence-electron chi connectivity index (χ2n) is 6.79. The number of carbonyl (C=O) groups excluding carboxylic acids is 2. The van der Waals surface area contributed by atoms with Crippen LogP contribution in [0.25, 0.3) is 11.1 Å². The Morgan fingerprint density at radius 3 is 2.18 bits per heavy atom.